The molecule has 1 atom stereocenters. The molecule has 8 heteroatoms. The molecular formula is C28H26N4O3S. The number of nitrogens with zero attached hydrogens (tertiary/aromatic N) is 3. The van der Waals surface area contributed by atoms with Crippen LogP contribution in [0.4, 0.5) is 10.5 Å². The van der Waals surface area contributed by atoms with Crippen molar-refractivity contribution >= 4 is 29.1 Å². The number of aromatic nitrogens is 2. The minimum Gasteiger partial charge on any atom is -0.497 e. The van der Waals surface area contributed by atoms with E-state index >= 15 is 0 Å². The first kappa shape index (κ1) is 23.7. The molecule has 0 radical (unpaired) electrons. The molecule has 4 aromatic rings. The van der Waals surface area contributed by atoms with Gasteiger partial charge in [0.1, 0.15) is 5.75 Å². The highest BCUT2D eigenvalue weighted by Gasteiger charge is 2.36. The summed E-state index contributed by atoms with van der Waals surface area (Å²) in [4.78, 5) is 20.9. The maximum absolute atomic E-state index is 13.4. The molecule has 2 heterocycles. The minimum absolute atomic E-state index is 0.237. The van der Waals surface area contributed by atoms with Crippen molar-refractivity contribution in [3.05, 3.63) is 95.5 Å². The lowest BCUT2D eigenvalue weighted by Gasteiger charge is -2.35. The molecule has 7 nitrogen and oxygen atoms in total. The van der Waals surface area contributed by atoms with E-state index in [9.17, 15) is 4.79 Å². The molecule has 0 saturated heterocycles. The third-order valence-corrected chi connectivity index (χ3v) is 6.92. The number of anilines is 1. The first-order chi connectivity index (χ1) is 17.5. The molecule has 182 valence electrons. The number of ether oxygens (including phenoxy) is 1. The molecule has 1 aliphatic rings. The second-order valence-corrected chi connectivity index (χ2v) is 9.36. The third kappa shape index (κ3) is 4.47. The van der Waals surface area contributed by atoms with Crippen LogP contribution in [-0.4, -0.2) is 29.5 Å². The number of nitrogens with one attached hydrogen (secondary N) is 1. The molecule has 1 aromatic heterocycles. The highest BCUT2D eigenvalue weighted by Crippen LogP contribution is 2.40. The molecule has 36 heavy (non-hydrogen) atoms. The molecule has 0 bridgehead atoms. The zero-order valence-corrected chi connectivity index (χ0v) is 21.3. The lowest BCUT2D eigenvalue weighted by Crippen LogP contribution is -2.46. The Balaban J connectivity index is 1.65. The van der Waals surface area contributed by atoms with Gasteiger partial charge in [-0.1, -0.05) is 41.1 Å². The fourth-order valence-electron chi connectivity index (χ4n) is 4.37. The predicted molar refractivity (Wildman–Crippen MR) is 142 cm³/mol. The average molecular weight is 499 g/mol. The summed E-state index contributed by atoms with van der Waals surface area (Å²) in [6.45, 7) is 3.92. The van der Waals surface area contributed by atoms with Gasteiger partial charge in [0.25, 0.3) is 5.89 Å². The van der Waals surface area contributed by atoms with Crippen molar-refractivity contribution in [2.75, 3.05) is 18.3 Å². The van der Waals surface area contributed by atoms with Crippen LogP contribution in [-0.2, 0) is 0 Å². The standard InChI is InChI=1S/C28H26N4O3S/c1-17-7-5-9-20(15-17)26-30-27(35-31-26)24-18(2)32(21-11-13-23(36-4)14-12-21)28(33)29-25(24)19-8-6-10-22(16-19)34-3/h5-16,25H,1-4H3,(H,29,33). The summed E-state index contributed by atoms with van der Waals surface area (Å²) in [5.41, 5.74) is 5.01. The van der Waals surface area contributed by atoms with Gasteiger partial charge in [0.2, 0.25) is 5.82 Å². The number of carbonyl (C=O) groups excluding carboxylic acids is 1. The predicted octanol–water partition coefficient (Wildman–Crippen LogP) is 6.48. The van der Waals surface area contributed by atoms with Crippen molar-refractivity contribution in [3.63, 3.8) is 0 Å². The van der Waals surface area contributed by atoms with Crippen molar-refractivity contribution in [3.8, 4) is 17.1 Å². The number of hydrogen-bond donors (Lipinski definition) is 1. The lowest BCUT2D eigenvalue weighted by atomic mass is 9.94. The van der Waals surface area contributed by atoms with Gasteiger partial charge >= 0.3 is 6.03 Å². The van der Waals surface area contributed by atoms with Crippen LogP contribution >= 0.6 is 11.8 Å². The summed E-state index contributed by atoms with van der Waals surface area (Å²) >= 11 is 1.65. The molecule has 0 saturated carbocycles. The van der Waals surface area contributed by atoms with E-state index in [4.69, 9.17) is 14.2 Å². The first-order valence-electron chi connectivity index (χ1n) is 11.5. The van der Waals surface area contributed by atoms with Crippen LogP contribution in [0.15, 0.2) is 87.9 Å². The van der Waals surface area contributed by atoms with Gasteiger partial charge in [-0.3, -0.25) is 4.90 Å². The highest BCUT2D eigenvalue weighted by molar-refractivity contribution is 7.98. The smallest absolute Gasteiger partial charge is 0.326 e. The molecule has 0 aliphatic carbocycles. The Kier molecular flexibility index (Phi) is 6.52. The van der Waals surface area contributed by atoms with Crippen molar-refractivity contribution in [1.82, 2.24) is 15.5 Å². The molecule has 5 rings (SSSR count). The van der Waals surface area contributed by atoms with Crippen LogP contribution in [0, 0.1) is 6.92 Å². The summed E-state index contributed by atoms with van der Waals surface area (Å²) in [5.74, 6) is 1.54. The Hall–Kier alpha value is -4.04. The third-order valence-electron chi connectivity index (χ3n) is 6.18. The normalized spacial score (nSPS) is 15.7. The van der Waals surface area contributed by atoms with Crippen molar-refractivity contribution < 1.29 is 14.1 Å². The Morgan fingerprint density at radius 2 is 1.81 bits per heavy atom. The van der Waals surface area contributed by atoms with E-state index in [1.807, 2.05) is 92.9 Å². The van der Waals surface area contributed by atoms with Crippen molar-refractivity contribution in [2.24, 2.45) is 0 Å². The number of allylic oxidation sites excluding steroid dienone is 1. The zero-order chi connectivity index (χ0) is 25.2. The second-order valence-electron chi connectivity index (χ2n) is 8.48. The van der Waals surface area contributed by atoms with Crippen molar-refractivity contribution in [2.45, 2.75) is 24.8 Å². The average Bonchev–Trinajstić information content (AvgIpc) is 3.38. The van der Waals surface area contributed by atoms with Gasteiger partial charge in [0, 0.05) is 16.2 Å². The number of rotatable bonds is 6. The summed E-state index contributed by atoms with van der Waals surface area (Å²) < 4.78 is 11.2. The maximum Gasteiger partial charge on any atom is 0.326 e. The van der Waals surface area contributed by atoms with E-state index in [0.717, 1.165) is 32.8 Å². The van der Waals surface area contributed by atoms with Crippen LogP contribution in [0.2, 0.25) is 0 Å². The first-order valence-corrected chi connectivity index (χ1v) is 12.7. The van der Waals surface area contributed by atoms with E-state index < -0.39 is 6.04 Å². The van der Waals surface area contributed by atoms with Gasteiger partial charge in [-0.15, -0.1) is 11.8 Å². The van der Waals surface area contributed by atoms with E-state index in [1.54, 1.807) is 23.8 Å². The van der Waals surface area contributed by atoms with Gasteiger partial charge in [0.15, 0.2) is 0 Å². The number of amides is 2. The summed E-state index contributed by atoms with van der Waals surface area (Å²) in [7, 11) is 1.62. The molecule has 1 N–H and O–H groups in total. The Labute approximate surface area is 214 Å². The Bertz CT molecular complexity index is 1450. The fraction of sp³-hybridized carbons (Fsp3) is 0.179. The van der Waals surface area contributed by atoms with Gasteiger partial charge in [0.05, 0.1) is 24.4 Å². The Morgan fingerprint density at radius 3 is 2.53 bits per heavy atom. The SMILES string of the molecule is COc1cccc(C2NC(=O)N(c3ccc(SC)cc3)C(C)=C2c2nc(-c3cccc(C)c3)no2)c1. The molecule has 0 fully saturated rings. The molecular weight excluding hydrogens is 472 g/mol. The van der Waals surface area contributed by atoms with E-state index in [2.05, 4.69) is 10.5 Å². The van der Waals surface area contributed by atoms with Crippen LogP contribution < -0.4 is 15.0 Å². The number of benzene rings is 3. The van der Waals surface area contributed by atoms with E-state index in [-0.39, 0.29) is 6.03 Å². The topological polar surface area (TPSA) is 80.5 Å². The van der Waals surface area contributed by atoms with Gasteiger partial charge in [-0.2, -0.15) is 4.98 Å². The highest BCUT2D eigenvalue weighted by atomic mass is 32.2. The second kappa shape index (κ2) is 9.91. The van der Waals surface area contributed by atoms with Gasteiger partial charge in [-0.25, -0.2) is 4.79 Å². The Morgan fingerprint density at radius 1 is 1.03 bits per heavy atom. The lowest BCUT2D eigenvalue weighted by molar-refractivity contribution is 0.244. The van der Waals surface area contributed by atoms with Crippen LogP contribution in [0.5, 0.6) is 5.75 Å². The van der Waals surface area contributed by atoms with Gasteiger partial charge < -0.3 is 14.6 Å². The number of urea groups is 1. The summed E-state index contributed by atoms with van der Waals surface area (Å²) in [6.07, 6.45) is 2.02. The molecule has 0 spiro atoms. The maximum atomic E-state index is 13.4. The number of aryl methyl sites for hydroxylation is 1. The zero-order valence-electron chi connectivity index (χ0n) is 20.5. The molecule has 1 unspecified atom stereocenters. The van der Waals surface area contributed by atoms with Crippen LogP contribution in [0.25, 0.3) is 17.0 Å². The number of methoxy groups -OCH3 is 1. The monoisotopic (exact) mass is 498 g/mol. The number of carbonyl (C=O) groups is 1. The van der Waals surface area contributed by atoms with E-state index in [0.29, 0.717) is 23.2 Å². The molecule has 1 aliphatic heterocycles. The van der Waals surface area contributed by atoms with Gasteiger partial charge in [-0.05, 0) is 68.1 Å². The largest absolute Gasteiger partial charge is 0.497 e. The quantitative estimate of drug-likeness (QED) is 0.307. The number of thioether (sulfide) groups is 1. The minimum atomic E-state index is -0.500. The summed E-state index contributed by atoms with van der Waals surface area (Å²) in [6, 6.07) is 22.7. The van der Waals surface area contributed by atoms with Crippen LogP contribution in [0.1, 0.15) is 30.0 Å². The van der Waals surface area contributed by atoms with Crippen LogP contribution in [0.3, 0.4) is 0 Å². The molecule has 3 aromatic carbocycles. The van der Waals surface area contributed by atoms with E-state index in [1.165, 1.54) is 0 Å². The van der Waals surface area contributed by atoms with Crippen molar-refractivity contribution in [1.29, 1.82) is 0 Å². The summed E-state index contributed by atoms with van der Waals surface area (Å²) in [5, 5.41) is 7.40. The number of hydrogen-bond acceptors (Lipinski definition) is 6. The molecule has 2 amide bonds. The fourth-order valence-corrected chi connectivity index (χ4v) is 4.78.